The third-order valence-corrected chi connectivity index (χ3v) is 13.2. The van der Waals surface area contributed by atoms with E-state index in [4.69, 9.17) is 33.4 Å². The van der Waals surface area contributed by atoms with Crippen molar-refractivity contribution in [3.63, 3.8) is 0 Å². The van der Waals surface area contributed by atoms with Crippen molar-refractivity contribution in [2.75, 3.05) is 9.80 Å². The minimum absolute atomic E-state index is 0.299. The van der Waals surface area contributed by atoms with Crippen LogP contribution in [0.4, 0.5) is 22.7 Å². The lowest BCUT2D eigenvalue weighted by Gasteiger charge is -2.30. The summed E-state index contributed by atoms with van der Waals surface area (Å²) in [7, 11) is 0. The maximum atomic E-state index is 15.2. The maximum Gasteiger partial charge on any atom is 0.196 e. The highest BCUT2D eigenvalue weighted by Gasteiger charge is 2.32. The van der Waals surface area contributed by atoms with Crippen molar-refractivity contribution in [1.82, 2.24) is 28.7 Å². The first-order valence-corrected chi connectivity index (χ1v) is 21.1. The van der Waals surface area contributed by atoms with Crippen LogP contribution < -0.4 is 9.80 Å². The Labute approximate surface area is 361 Å². The largest absolute Gasteiger partial charge is 0.333 e. The molecule has 0 bridgehead atoms. The number of fused-ring (bicyclic) bond motifs is 4. The van der Waals surface area contributed by atoms with Gasteiger partial charge in [-0.3, -0.25) is 4.79 Å². The number of aryl methyl sites for hydroxylation is 2. The molecule has 0 aliphatic carbocycles. The van der Waals surface area contributed by atoms with Gasteiger partial charge in [0, 0.05) is 46.3 Å². The van der Waals surface area contributed by atoms with E-state index in [1.165, 1.54) is 0 Å². The van der Waals surface area contributed by atoms with Gasteiger partial charge in [0.15, 0.2) is 5.78 Å². The van der Waals surface area contributed by atoms with Crippen LogP contribution in [0.25, 0.3) is 11.4 Å². The second-order valence-corrected chi connectivity index (χ2v) is 17.0. The molecule has 0 N–H and O–H groups in total. The minimum Gasteiger partial charge on any atom is -0.333 e. The van der Waals surface area contributed by atoms with Crippen molar-refractivity contribution in [1.29, 1.82) is 0 Å². The highest BCUT2D eigenvalue weighted by molar-refractivity contribution is 9.10. The van der Waals surface area contributed by atoms with E-state index in [-0.39, 0.29) is 5.78 Å². The second kappa shape index (κ2) is 14.5. The molecule has 0 spiro atoms. The van der Waals surface area contributed by atoms with Crippen LogP contribution in [0.5, 0.6) is 0 Å². The smallest absolute Gasteiger partial charge is 0.196 e. The Balaban J connectivity index is 1.17. The summed E-state index contributed by atoms with van der Waals surface area (Å²) >= 11 is 22.8. The maximum absolute atomic E-state index is 15.2. The number of hydrogen-bond acceptors (Lipinski definition) is 5. The summed E-state index contributed by atoms with van der Waals surface area (Å²) in [5, 5.41) is 10.2. The molecule has 0 amide bonds. The molecule has 2 aliphatic heterocycles. The van der Waals surface area contributed by atoms with Crippen molar-refractivity contribution in [2.24, 2.45) is 0 Å². The van der Waals surface area contributed by atoms with E-state index in [2.05, 4.69) is 99.3 Å². The van der Waals surface area contributed by atoms with E-state index < -0.39 is 0 Å². The van der Waals surface area contributed by atoms with Gasteiger partial charge >= 0.3 is 0 Å². The quantitative estimate of drug-likeness (QED) is 0.155. The molecular weight excluding hydrogens is 899 g/mol. The van der Waals surface area contributed by atoms with E-state index in [1.54, 1.807) is 12.1 Å². The lowest BCUT2D eigenvalue weighted by Crippen LogP contribution is -2.21. The molecule has 4 aromatic heterocycles. The summed E-state index contributed by atoms with van der Waals surface area (Å²) in [4.78, 5) is 19.6. The number of carbonyl (C=O) groups excluding carboxylic acids is 1. The van der Waals surface area contributed by atoms with Crippen LogP contribution in [0.15, 0.2) is 131 Å². The molecule has 13 heteroatoms. The lowest BCUT2D eigenvalue weighted by atomic mass is 9.99. The Morgan fingerprint density at radius 1 is 0.534 bits per heavy atom. The fourth-order valence-electron chi connectivity index (χ4n) is 8.23. The van der Waals surface area contributed by atoms with Gasteiger partial charge in [0.2, 0.25) is 0 Å². The van der Waals surface area contributed by atoms with Crippen LogP contribution in [0, 0.1) is 13.8 Å². The molecule has 0 saturated carbocycles. The average molecular weight is 934 g/mol. The molecule has 0 saturated heterocycles. The van der Waals surface area contributed by atoms with Crippen molar-refractivity contribution in [3.8, 4) is 11.4 Å². The number of halogens is 4. The first kappa shape index (κ1) is 37.0. The highest BCUT2D eigenvalue weighted by Crippen LogP contribution is 2.47. The fourth-order valence-corrected chi connectivity index (χ4v) is 9.90. The number of para-hydroxylation sites is 2. The second-order valence-electron chi connectivity index (χ2n) is 14.6. The van der Waals surface area contributed by atoms with Crippen LogP contribution in [-0.4, -0.2) is 34.5 Å². The predicted octanol–water partition coefficient (Wildman–Crippen LogP) is 11.7. The van der Waals surface area contributed by atoms with Gasteiger partial charge in [0.05, 0.1) is 79.6 Å². The fraction of sp³-hybridized carbons (Fsp3) is 0.133. The first-order chi connectivity index (χ1) is 28.1. The Morgan fingerprint density at radius 3 is 1.38 bits per heavy atom. The summed E-state index contributed by atoms with van der Waals surface area (Å²) in [5.41, 5.74) is 11.6. The number of hydrogen-bond donors (Lipinski definition) is 0. The van der Waals surface area contributed by atoms with Crippen LogP contribution in [0.2, 0.25) is 10.0 Å². The zero-order chi connectivity index (χ0) is 39.8. The summed E-state index contributed by atoms with van der Waals surface area (Å²) < 4.78 is 10.1. The Hall–Kier alpha value is -5.33. The van der Waals surface area contributed by atoms with E-state index in [1.807, 2.05) is 84.1 Å². The molecule has 58 heavy (non-hydrogen) atoms. The Bertz CT molecular complexity index is 2750. The molecule has 0 unspecified atom stereocenters. The zero-order valence-corrected chi connectivity index (χ0v) is 36.1. The first-order valence-electron chi connectivity index (χ1n) is 18.8. The summed E-state index contributed by atoms with van der Waals surface area (Å²) in [5.74, 6) is -0.299. The molecular formula is C45H34Br2Cl2N8O. The number of anilines is 4. The molecule has 2 aliphatic rings. The van der Waals surface area contributed by atoms with Crippen molar-refractivity contribution >= 4 is 83.6 Å². The van der Waals surface area contributed by atoms with E-state index >= 15 is 4.79 Å². The number of ketones is 1. The molecule has 0 fully saturated rings. The van der Waals surface area contributed by atoms with Crippen LogP contribution in [0.1, 0.15) is 49.8 Å². The van der Waals surface area contributed by atoms with Gasteiger partial charge in [0.25, 0.3) is 0 Å². The Kier molecular flexibility index (Phi) is 9.24. The predicted molar refractivity (Wildman–Crippen MR) is 237 cm³/mol. The SMILES string of the molecule is Cc1ccn(-c2ccc(C(=O)c3ccc(-n4ccc(C)n4)c(N4Cc5ccc(Br)n5Cc5ccccc54)c3Cl)c(Cl)c2N2Cc3ccc(Br)n3Cc3ccccc32)n1. The standard InChI is InChI=1S/C45H34Br2Cl2N8O/c1-27-19-21-56(50-27)37-15-13-33(41(48)43(37)54-25-31-11-17-39(46)52(31)23-29-7-3-5-9-35(29)54)45(58)34-14-16-38(57-22-20-28(2)51-57)44(42(34)49)55-26-32-12-18-40(47)53(32)24-30-8-4-6-10-36(30)55/h3-22H,23-26H2,1-2H3. The van der Waals surface area contributed by atoms with Gasteiger partial charge in [0.1, 0.15) is 0 Å². The molecule has 6 heterocycles. The average Bonchev–Trinajstić information content (AvgIpc) is 3.97. The van der Waals surface area contributed by atoms with Crippen molar-refractivity contribution in [3.05, 3.63) is 186 Å². The molecule has 4 aromatic carbocycles. The molecule has 10 rings (SSSR count). The highest BCUT2D eigenvalue weighted by atomic mass is 79.9. The van der Waals surface area contributed by atoms with Gasteiger partial charge < -0.3 is 18.9 Å². The molecule has 288 valence electrons. The van der Waals surface area contributed by atoms with Crippen LogP contribution in [-0.2, 0) is 26.2 Å². The minimum atomic E-state index is -0.299. The number of carbonyl (C=O) groups is 1. The zero-order valence-electron chi connectivity index (χ0n) is 31.4. The molecule has 8 aromatic rings. The monoisotopic (exact) mass is 930 g/mol. The molecule has 0 radical (unpaired) electrons. The normalized spacial score (nSPS) is 13.4. The lowest BCUT2D eigenvalue weighted by molar-refractivity contribution is 0.103. The van der Waals surface area contributed by atoms with Gasteiger partial charge in [-0.2, -0.15) is 10.2 Å². The summed E-state index contributed by atoms with van der Waals surface area (Å²) in [6.45, 7) is 6.25. The molecule has 0 atom stereocenters. The Morgan fingerprint density at radius 2 is 0.966 bits per heavy atom. The van der Waals surface area contributed by atoms with Gasteiger partial charge in [-0.15, -0.1) is 0 Å². The van der Waals surface area contributed by atoms with Crippen molar-refractivity contribution in [2.45, 2.75) is 40.0 Å². The van der Waals surface area contributed by atoms with Crippen molar-refractivity contribution < 1.29 is 4.79 Å². The number of aromatic nitrogens is 6. The third kappa shape index (κ3) is 6.14. The van der Waals surface area contributed by atoms with Gasteiger partial charge in [-0.25, -0.2) is 9.36 Å². The van der Waals surface area contributed by atoms with E-state index in [9.17, 15) is 0 Å². The molecule has 9 nitrogen and oxygen atoms in total. The summed E-state index contributed by atoms with van der Waals surface area (Å²) in [6, 6.07) is 36.3. The topological polar surface area (TPSA) is 69.1 Å². The van der Waals surface area contributed by atoms with E-state index in [0.717, 1.165) is 65.9 Å². The van der Waals surface area contributed by atoms with Gasteiger partial charge in [-0.1, -0.05) is 59.6 Å². The number of nitrogens with zero attached hydrogens (tertiary/aromatic N) is 8. The number of rotatable bonds is 6. The van der Waals surface area contributed by atoms with Crippen LogP contribution >= 0.6 is 55.1 Å². The third-order valence-electron chi connectivity index (χ3n) is 11.1. The van der Waals surface area contributed by atoms with Crippen LogP contribution in [0.3, 0.4) is 0 Å². The number of benzene rings is 4. The summed E-state index contributed by atoms with van der Waals surface area (Å²) in [6.07, 6.45) is 3.84. The van der Waals surface area contributed by atoms with Gasteiger partial charge in [-0.05, 0) is 130 Å². The van der Waals surface area contributed by atoms with E-state index in [0.29, 0.717) is 58.7 Å².